The SMILES string of the molecule is CCOc1ccc(C=Nc2ccccc2OC)cc1. The van der Waals surface area contributed by atoms with Crippen LogP contribution in [-0.4, -0.2) is 19.9 Å². The smallest absolute Gasteiger partial charge is 0.144 e. The number of para-hydroxylation sites is 2. The van der Waals surface area contributed by atoms with Crippen LogP contribution in [0.15, 0.2) is 53.5 Å². The molecule has 3 heteroatoms. The molecule has 2 rings (SSSR count). The van der Waals surface area contributed by atoms with E-state index in [1.807, 2.05) is 61.7 Å². The van der Waals surface area contributed by atoms with Crippen LogP contribution in [0, 0.1) is 0 Å². The van der Waals surface area contributed by atoms with Crippen LogP contribution in [0.3, 0.4) is 0 Å². The Morgan fingerprint density at radius 3 is 2.47 bits per heavy atom. The fraction of sp³-hybridized carbons (Fsp3) is 0.188. The Kier molecular flexibility index (Phi) is 4.56. The Balaban J connectivity index is 2.13. The first-order chi connectivity index (χ1) is 9.33. The van der Waals surface area contributed by atoms with Crippen LogP contribution in [0.2, 0.25) is 0 Å². The summed E-state index contributed by atoms with van der Waals surface area (Å²) in [4.78, 5) is 4.43. The third-order valence-corrected chi connectivity index (χ3v) is 2.63. The molecule has 0 fully saturated rings. The van der Waals surface area contributed by atoms with Crippen molar-refractivity contribution in [1.29, 1.82) is 0 Å². The zero-order valence-corrected chi connectivity index (χ0v) is 11.2. The second-order valence-electron chi connectivity index (χ2n) is 3.93. The van der Waals surface area contributed by atoms with Gasteiger partial charge in [-0.15, -0.1) is 0 Å². The molecule has 3 nitrogen and oxygen atoms in total. The molecular formula is C16H17NO2. The molecule has 0 bridgehead atoms. The molecule has 0 saturated heterocycles. The summed E-state index contributed by atoms with van der Waals surface area (Å²) in [5.41, 5.74) is 1.84. The molecule has 0 aromatic heterocycles. The Morgan fingerprint density at radius 1 is 1.05 bits per heavy atom. The number of hydrogen-bond acceptors (Lipinski definition) is 3. The number of benzene rings is 2. The van der Waals surface area contributed by atoms with Gasteiger partial charge < -0.3 is 9.47 Å². The largest absolute Gasteiger partial charge is 0.494 e. The summed E-state index contributed by atoms with van der Waals surface area (Å²) in [6.07, 6.45) is 1.81. The molecule has 2 aromatic rings. The van der Waals surface area contributed by atoms with E-state index in [9.17, 15) is 0 Å². The van der Waals surface area contributed by atoms with Crippen LogP contribution in [0.1, 0.15) is 12.5 Å². The number of methoxy groups -OCH3 is 1. The fourth-order valence-electron chi connectivity index (χ4n) is 1.70. The Labute approximate surface area is 113 Å². The Bertz CT molecular complexity index is 547. The van der Waals surface area contributed by atoms with Crippen molar-refractivity contribution in [1.82, 2.24) is 0 Å². The van der Waals surface area contributed by atoms with Crippen molar-refractivity contribution in [2.24, 2.45) is 4.99 Å². The van der Waals surface area contributed by atoms with Gasteiger partial charge in [0.1, 0.15) is 17.2 Å². The van der Waals surface area contributed by atoms with Crippen molar-refractivity contribution in [3.8, 4) is 11.5 Å². The van der Waals surface area contributed by atoms with E-state index >= 15 is 0 Å². The molecular weight excluding hydrogens is 238 g/mol. The molecule has 0 spiro atoms. The molecule has 2 aromatic carbocycles. The summed E-state index contributed by atoms with van der Waals surface area (Å²) in [5, 5.41) is 0. The van der Waals surface area contributed by atoms with E-state index in [4.69, 9.17) is 9.47 Å². The van der Waals surface area contributed by atoms with E-state index < -0.39 is 0 Å². The number of ether oxygens (including phenoxy) is 2. The maximum atomic E-state index is 5.40. The molecule has 0 unspecified atom stereocenters. The summed E-state index contributed by atoms with van der Waals surface area (Å²) in [6, 6.07) is 15.5. The first kappa shape index (κ1) is 13.1. The molecule has 0 aliphatic heterocycles. The van der Waals surface area contributed by atoms with Crippen LogP contribution in [0.4, 0.5) is 5.69 Å². The molecule has 0 radical (unpaired) electrons. The van der Waals surface area contributed by atoms with Crippen molar-refractivity contribution in [2.45, 2.75) is 6.92 Å². The predicted molar refractivity (Wildman–Crippen MR) is 77.9 cm³/mol. The Hall–Kier alpha value is -2.29. The van der Waals surface area contributed by atoms with Crippen molar-refractivity contribution in [3.05, 3.63) is 54.1 Å². The third kappa shape index (κ3) is 3.58. The predicted octanol–water partition coefficient (Wildman–Crippen LogP) is 3.84. The minimum absolute atomic E-state index is 0.675. The highest BCUT2D eigenvalue weighted by Gasteiger charge is 1.98. The van der Waals surface area contributed by atoms with Gasteiger partial charge in [0.05, 0.1) is 13.7 Å². The normalized spacial score (nSPS) is 10.6. The first-order valence-corrected chi connectivity index (χ1v) is 6.23. The first-order valence-electron chi connectivity index (χ1n) is 6.23. The van der Waals surface area contributed by atoms with Crippen LogP contribution in [0.5, 0.6) is 11.5 Å². The van der Waals surface area contributed by atoms with Crippen LogP contribution in [-0.2, 0) is 0 Å². The van der Waals surface area contributed by atoms with Gasteiger partial charge >= 0.3 is 0 Å². The summed E-state index contributed by atoms with van der Waals surface area (Å²) >= 11 is 0. The van der Waals surface area contributed by atoms with E-state index in [-0.39, 0.29) is 0 Å². The minimum Gasteiger partial charge on any atom is -0.494 e. The standard InChI is InChI=1S/C16H17NO2/c1-3-19-14-10-8-13(9-11-14)12-17-15-6-4-5-7-16(15)18-2/h4-12H,3H2,1-2H3. The van der Waals surface area contributed by atoms with Gasteiger partial charge in [0.15, 0.2) is 0 Å². The lowest BCUT2D eigenvalue weighted by Gasteiger charge is -2.03. The highest BCUT2D eigenvalue weighted by atomic mass is 16.5. The second kappa shape index (κ2) is 6.59. The van der Waals surface area contributed by atoms with Gasteiger partial charge in [0.2, 0.25) is 0 Å². The average molecular weight is 255 g/mol. The monoisotopic (exact) mass is 255 g/mol. The number of rotatable bonds is 5. The Morgan fingerprint density at radius 2 is 1.79 bits per heavy atom. The van der Waals surface area contributed by atoms with Gasteiger partial charge in [0, 0.05) is 6.21 Å². The van der Waals surface area contributed by atoms with Crippen LogP contribution < -0.4 is 9.47 Å². The van der Waals surface area contributed by atoms with Crippen LogP contribution >= 0.6 is 0 Å². The zero-order valence-electron chi connectivity index (χ0n) is 11.2. The highest BCUT2D eigenvalue weighted by molar-refractivity contribution is 5.82. The van der Waals surface area contributed by atoms with Gasteiger partial charge in [-0.05, 0) is 48.9 Å². The molecule has 0 saturated carbocycles. The summed E-state index contributed by atoms with van der Waals surface area (Å²) in [7, 11) is 1.64. The van der Waals surface area contributed by atoms with E-state index in [2.05, 4.69) is 4.99 Å². The van der Waals surface area contributed by atoms with Gasteiger partial charge in [-0.25, -0.2) is 0 Å². The molecule has 0 aliphatic rings. The van der Waals surface area contributed by atoms with E-state index in [0.717, 1.165) is 22.7 Å². The van der Waals surface area contributed by atoms with Gasteiger partial charge in [-0.3, -0.25) is 4.99 Å². The van der Waals surface area contributed by atoms with Gasteiger partial charge in [-0.2, -0.15) is 0 Å². The minimum atomic E-state index is 0.675. The van der Waals surface area contributed by atoms with Crippen molar-refractivity contribution < 1.29 is 9.47 Å². The van der Waals surface area contributed by atoms with E-state index in [0.29, 0.717) is 6.61 Å². The fourth-order valence-corrected chi connectivity index (χ4v) is 1.70. The number of aliphatic imine (C=N–C) groups is 1. The quantitative estimate of drug-likeness (QED) is 0.760. The molecule has 0 N–H and O–H groups in total. The lowest BCUT2D eigenvalue weighted by atomic mass is 10.2. The number of hydrogen-bond donors (Lipinski definition) is 0. The van der Waals surface area contributed by atoms with Crippen molar-refractivity contribution >= 4 is 11.9 Å². The van der Waals surface area contributed by atoms with E-state index in [1.165, 1.54) is 0 Å². The number of nitrogens with zero attached hydrogens (tertiary/aromatic N) is 1. The lowest BCUT2D eigenvalue weighted by Crippen LogP contribution is -1.91. The maximum absolute atomic E-state index is 5.40. The highest BCUT2D eigenvalue weighted by Crippen LogP contribution is 2.26. The molecule has 19 heavy (non-hydrogen) atoms. The van der Waals surface area contributed by atoms with Gasteiger partial charge in [0.25, 0.3) is 0 Å². The molecule has 0 heterocycles. The molecule has 0 atom stereocenters. The van der Waals surface area contributed by atoms with Gasteiger partial charge in [-0.1, -0.05) is 12.1 Å². The summed E-state index contributed by atoms with van der Waals surface area (Å²) < 4.78 is 10.6. The topological polar surface area (TPSA) is 30.8 Å². The van der Waals surface area contributed by atoms with E-state index in [1.54, 1.807) is 7.11 Å². The molecule has 0 aliphatic carbocycles. The molecule has 98 valence electrons. The summed E-state index contributed by atoms with van der Waals surface area (Å²) in [6.45, 7) is 2.64. The second-order valence-corrected chi connectivity index (χ2v) is 3.93. The summed E-state index contributed by atoms with van der Waals surface area (Å²) in [5.74, 6) is 1.64. The zero-order chi connectivity index (χ0) is 13.5. The lowest BCUT2D eigenvalue weighted by molar-refractivity contribution is 0.340. The maximum Gasteiger partial charge on any atom is 0.144 e. The van der Waals surface area contributed by atoms with Crippen molar-refractivity contribution in [3.63, 3.8) is 0 Å². The van der Waals surface area contributed by atoms with Crippen LogP contribution in [0.25, 0.3) is 0 Å². The molecule has 0 amide bonds. The van der Waals surface area contributed by atoms with Crippen molar-refractivity contribution in [2.75, 3.05) is 13.7 Å². The third-order valence-electron chi connectivity index (χ3n) is 2.63. The average Bonchev–Trinajstić information content (AvgIpc) is 2.47.